The first-order chi connectivity index (χ1) is 9.03. The smallest absolute Gasteiger partial charge is 0.150 e. The quantitative estimate of drug-likeness (QED) is 0.889. The minimum absolute atomic E-state index is 0.186. The molecule has 0 saturated carbocycles. The van der Waals surface area contributed by atoms with Crippen LogP contribution >= 0.6 is 0 Å². The number of hydrogen-bond acceptors (Lipinski definition) is 4. The van der Waals surface area contributed by atoms with E-state index in [0.29, 0.717) is 19.6 Å². The molecular formula is C14H21NO3S. The van der Waals surface area contributed by atoms with Crippen molar-refractivity contribution in [2.24, 2.45) is 5.73 Å². The first kappa shape index (κ1) is 14.3. The topological polar surface area (TPSA) is 69.4 Å². The van der Waals surface area contributed by atoms with Crippen LogP contribution in [-0.2, 0) is 15.3 Å². The highest BCUT2D eigenvalue weighted by molar-refractivity contribution is 7.91. The highest BCUT2D eigenvalue weighted by atomic mass is 32.2. The summed E-state index contributed by atoms with van der Waals surface area (Å²) in [6.45, 7) is 2.73. The van der Waals surface area contributed by atoms with Gasteiger partial charge in [0.05, 0.1) is 12.4 Å². The molecule has 0 spiro atoms. The Hall–Kier alpha value is -1.07. The third kappa shape index (κ3) is 2.92. The van der Waals surface area contributed by atoms with E-state index in [2.05, 4.69) is 0 Å². The molecule has 0 saturated heterocycles. The maximum atomic E-state index is 11.7. The van der Waals surface area contributed by atoms with Crippen molar-refractivity contribution in [3.05, 3.63) is 29.8 Å². The van der Waals surface area contributed by atoms with Crippen molar-refractivity contribution in [3.63, 3.8) is 0 Å². The predicted octanol–water partition coefficient (Wildman–Crippen LogP) is 1.49. The summed E-state index contributed by atoms with van der Waals surface area (Å²) in [6, 6.07) is 7.80. The first-order valence-corrected chi connectivity index (χ1v) is 8.48. The standard InChI is InChI=1S/C14H21NO3S/c1-2-19(16,17)10-8-14(11-15)7-9-18-13-6-4-3-5-12(13)14/h3-6H,2,7-11,15H2,1H3. The van der Waals surface area contributed by atoms with Gasteiger partial charge in [-0.05, 0) is 18.9 Å². The number of para-hydroxylation sites is 1. The van der Waals surface area contributed by atoms with E-state index in [-0.39, 0.29) is 16.9 Å². The molecule has 1 aromatic rings. The predicted molar refractivity (Wildman–Crippen MR) is 76.2 cm³/mol. The SMILES string of the molecule is CCS(=O)(=O)CCC1(CN)CCOc2ccccc21. The Bertz CT molecular complexity index is 541. The van der Waals surface area contributed by atoms with Crippen LogP contribution in [-0.4, -0.2) is 33.1 Å². The van der Waals surface area contributed by atoms with Gasteiger partial charge in [-0.2, -0.15) is 0 Å². The van der Waals surface area contributed by atoms with Gasteiger partial charge in [0, 0.05) is 23.3 Å². The normalized spacial score (nSPS) is 22.6. The number of hydrogen-bond donors (Lipinski definition) is 1. The Morgan fingerprint density at radius 3 is 2.79 bits per heavy atom. The molecular weight excluding hydrogens is 262 g/mol. The third-order valence-corrected chi connectivity index (χ3v) is 5.72. The lowest BCUT2D eigenvalue weighted by atomic mass is 9.74. The van der Waals surface area contributed by atoms with Crippen LogP contribution in [0.5, 0.6) is 5.75 Å². The van der Waals surface area contributed by atoms with Crippen LogP contribution < -0.4 is 10.5 Å². The molecule has 0 radical (unpaired) electrons. The fraction of sp³-hybridized carbons (Fsp3) is 0.571. The van der Waals surface area contributed by atoms with Crippen molar-refractivity contribution in [2.45, 2.75) is 25.2 Å². The molecule has 0 fully saturated rings. The van der Waals surface area contributed by atoms with Gasteiger partial charge in [-0.3, -0.25) is 0 Å². The maximum absolute atomic E-state index is 11.7. The number of fused-ring (bicyclic) bond motifs is 1. The lowest BCUT2D eigenvalue weighted by molar-refractivity contribution is 0.213. The van der Waals surface area contributed by atoms with Crippen LogP contribution in [0.2, 0.25) is 0 Å². The van der Waals surface area contributed by atoms with Gasteiger partial charge in [-0.25, -0.2) is 8.42 Å². The minimum atomic E-state index is -2.97. The van der Waals surface area contributed by atoms with Crippen LogP contribution in [0.4, 0.5) is 0 Å². The zero-order valence-corrected chi connectivity index (χ0v) is 12.1. The van der Waals surface area contributed by atoms with Gasteiger partial charge in [0.2, 0.25) is 0 Å². The molecule has 1 heterocycles. The Labute approximate surface area is 114 Å². The highest BCUT2D eigenvalue weighted by Gasteiger charge is 2.37. The average Bonchev–Trinajstić information content (AvgIpc) is 2.45. The zero-order chi connectivity index (χ0) is 13.9. The number of rotatable bonds is 5. The third-order valence-electron chi connectivity index (χ3n) is 4.02. The molecule has 106 valence electrons. The van der Waals surface area contributed by atoms with E-state index in [1.807, 2.05) is 24.3 Å². The van der Waals surface area contributed by atoms with Crippen molar-refractivity contribution >= 4 is 9.84 Å². The van der Waals surface area contributed by atoms with Gasteiger partial charge in [0.25, 0.3) is 0 Å². The molecule has 0 amide bonds. The molecule has 2 rings (SSSR count). The lowest BCUT2D eigenvalue weighted by Crippen LogP contribution is -2.41. The minimum Gasteiger partial charge on any atom is -0.493 e. The summed E-state index contributed by atoms with van der Waals surface area (Å²) in [5.41, 5.74) is 6.76. The summed E-state index contributed by atoms with van der Waals surface area (Å²) in [5, 5.41) is 0. The van der Waals surface area contributed by atoms with Crippen LogP contribution in [0.25, 0.3) is 0 Å². The Balaban J connectivity index is 2.29. The molecule has 0 bridgehead atoms. The Morgan fingerprint density at radius 1 is 1.37 bits per heavy atom. The zero-order valence-electron chi connectivity index (χ0n) is 11.3. The Morgan fingerprint density at radius 2 is 2.11 bits per heavy atom. The number of sulfone groups is 1. The van der Waals surface area contributed by atoms with Crippen LogP contribution in [0.1, 0.15) is 25.3 Å². The fourth-order valence-corrected chi connectivity index (χ4v) is 3.58. The largest absolute Gasteiger partial charge is 0.493 e. The van der Waals surface area contributed by atoms with Gasteiger partial charge >= 0.3 is 0 Å². The lowest BCUT2D eigenvalue weighted by Gasteiger charge is -2.38. The van der Waals surface area contributed by atoms with Crippen molar-refractivity contribution in [2.75, 3.05) is 24.7 Å². The summed E-state index contributed by atoms with van der Waals surface area (Å²) in [6.07, 6.45) is 1.35. The summed E-state index contributed by atoms with van der Waals surface area (Å²) >= 11 is 0. The summed E-state index contributed by atoms with van der Waals surface area (Å²) < 4.78 is 29.1. The van der Waals surface area contributed by atoms with Gasteiger partial charge in [0.15, 0.2) is 0 Å². The van der Waals surface area contributed by atoms with E-state index in [1.165, 1.54) is 0 Å². The molecule has 1 atom stereocenters. The van der Waals surface area contributed by atoms with E-state index >= 15 is 0 Å². The second-order valence-electron chi connectivity index (χ2n) is 5.07. The summed E-state index contributed by atoms with van der Waals surface area (Å²) in [4.78, 5) is 0. The van der Waals surface area contributed by atoms with Gasteiger partial charge in [-0.1, -0.05) is 25.1 Å². The molecule has 1 aliphatic heterocycles. The second-order valence-corrected chi connectivity index (χ2v) is 7.54. The molecule has 2 N–H and O–H groups in total. The second kappa shape index (κ2) is 5.51. The number of ether oxygens (including phenoxy) is 1. The van der Waals surface area contributed by atoms with Crippen LogP contribution in [0.3, 0.4) is 0 Å². The van der Waals surface area contributed by atoms with Crippen molar-refractivity contribution in [1.82, 2.24) is 0 Å². The van der Waals surface area contributed by atoms with E-state index in [0.717, 1.165) is 17.7 Å². The monoisotopic (exact) mass is 283 g/mol. The summed E-state index contributed by atoms with van der Waals surface area (Å²) in [5.74, 6) is 1.22. The first-order valence-electron chi connectivity index (χ1n) is 6.66. The van der Waals surface area contributed by atoms with Crippen LogP contribution in [0, 0.1) is 0 Å². The molecule has 0 aliphatic carbocycles. The van der Waals surface area contributed by atoms with Crippen LogP contribution in [0.15, 0.2) is 24.3 Å². The van der Waals surface area contributed by atoms with E-state index in [4.69, 9.17) is 10.5 Å². The molecule has 19 heavy (non-hydrogen) atoms. The highest BCUT2D eigenvalue weighted by Crippen LogP contribution is 2.40. The average molecular weight is 283 g/mol. The van der Waals surface area contributed by atoms with Gasteiger partial charge < -0.3 is 10.5 Å². The molecule has 4 nitrogen and oxygen atoms in total. The maximum Gasteiger partial charge on any atom is 0.150 e. The molecule has 1 aromatic carbocycles. The molecule has 5 heteroatoms. The summed E-state index contributed by atoms with van der Waals surface area (Å²) in [7, 11) is -2.97. The van der Waals surface area contributed by atoms with E-state index in [1.54, 1.807) is 6.92 Å². The Kier molecular flexibility index (Phi) is 4.16. The van der Waals surface area contributed by atoms with Crippen molar-refractivity contribution in [3.8, 4) is 5.75 Å². The fourth-order valence-electron chi connectivity index (χ4n) is 2.59. The number of benzene rings is 1. The van der Waals surface area contributed by atoms with Crippen molar-refractivity contribution in [1.29, 1.82) is 0 Å². The van der Waals surface area contributed by atoms with E-state index in [9.17, 15) is 8.42 Å². The van der Waals surface area contributed by atoms with Gasteiger partial charge in [0.1, 0.15) is 15.6 Å². The molecule has 1 aliphatic rings. The molecule has 0 aromatic heterocycles. The number of nitrogens with two attached hydrogens (primary N) is 1. The molecule has 1 unspecified atom stereocenters. The van der Waals surface area contributed by atoms with E-state index < -0.39 is 9.84 Å². The van der Waals surface area contributed by atoms with Gasteiger partial charge in [-0.15, -0.1) is 0 Å². The van der Waals surface area contributed by atoms with Crippen molar-refractivity contribution < 1.29 is 13.2 Å².